The van der Waals surface area contributed by atoms with Gasteiger partial charge in [0.15, 0.2) is 11.6 Å². The summed E-state index contributed by atoms with van der Waals surface area (Å²) in [5, 5.41) is 0. The summed E-state index contributed by atoms with van der Waals surface area (Å²) in [4.78, 5) is 2.17. The predicted octanol–water partition coefficient (Wildman–Crippen LogP) is 3.62. The quantitative estimate of drug-likeness (QED) is 0.858. The minimum absolute atomic E-state index is 0.166. The van der Waals surface area contributed by atoms with Gasteiger partial charge >= 0.3 is 0 Å². The molecule has 0 amide bonds. The molecule has 1 aromatic carbocycles. The molecule has 0 radical (unpaired) electrons. The van der Waals surface area contributed by atoms with Gasteiger partial charge < -0.3 is 10.6 Å². The van der Waals surface area contributed by atoms with E-state index in [0.29, 0.717) is 5.56 Å². The van der Waals surface area contributed by atoms with Gasteiger partial charge in [0.25, 0.3) is 0 Å². The molecular weight excluding hydrogens is 258 g/mol. The number of halogens is 2. The first-order valence-corrected chi connectivity index (χ1v) is 7.35. The predicted molar refractivity (Wildman–Crippen MR) is 77.4 cm³/mol. The molecule has 2 N–H and O–H groups in total. The maximum atomic E-state index is 13.5. The molecule has 20 heavy (non-hydrogen) atoms. The maximum absolute atomic E-state index is 13.5. The topological polar surface area (TPSA) is 29.3 Å². The van der Waals surface area contributed by atoms with Crippen LogP contribution in [0.3, 0.4) is 0 Å². The van der Waals surface area contributed by atoms with Crippen LogP contribution in [0.25, 0.3) is 0 Å². The number of rotatable bonds is 3. The lowest BCUT2D eigenvalue weighted by Crippen LogP contribution is -2.52. The molecule has 0 aromatic heterocycles. The second-order valence-electron chi connectivity index (χ2n) is 6.06. The molecule has 1 unspecified atom stereocenters. The average Bonchev–Trinajstić information content (AvgIpc) is 2.67. The molecule has 0 heterocycles. The van der Waals surface area contributed by atoms with Gasteiger partial charge in [-0.15, -0.1) is 0 Å². The summed E-state index contributed by atoms with van der Waals surface area (Å²) >= 11 is 0. The van der Waals surface area contributed by atoms with Crippen LogP contribution in [-0.2, 0) is 0 Å². The van der Waals surface area contributed by atoms with Crippen molar-refractivity contribution in [2.24, 2.45) is 5.73 Å². The Bertz CT molecular complexity index is 452. The first-order chi connectivity index (χ1) is 9.47. The smallest absolute Gasteiger partial charge is 0.159 e. The van der Waals surface area contributed by atoms with Crippen molar-refractivity contribution in [1.82, 2.24) is 4.90 Å². The molecular formula is C16H24F2N2. The Kier molecular flexibility index (Phi) is 4.76. The molecule has 2 rings (SSSR count). The Morgan fingerprint density at radius 1 is 1.05 bits per heavy atom. The fourth-order valence-corrected chi connectivity index (χ4v) is 3.39. The third-order valence-electron chi connectivity index (χ3n) is 4.74. The standard InChI is InChI=1S/C16H24F2N2/c1-20(2)16(9-5-3-4-6-10-16)15(19)12-7-8-13(17)14(18)11-12/h7-8,11,15H,3-6,9-10,19H2,1-2H3. The Hall–Kier alpha value is -1.00. The van der Waals surface area contributed by atoms with Crippen LogP contribution in [0.4, 0.5) is 8.78 Å². The van der Waals surface area contributed by atoms with E-state index in [1.807, 2.05) is 14.1 Å². The second-order valence-corrected chi connectivity index (χ2v) is 6.06. The molecule has 2 nitrogen and oxygen atoms in total. The molecule has 112 valence electrons. The fraction of sp³-hybridized carbons (Fsp3) is 0.625. The summed E-state index contributed by atoms with van der Waals surface area (Å²) in [6.45, 7) is 0. The molecule has 1 atom stereocenters. The Balaban J connectivity index is 2.34. The second kappa shape index (κ2) is 6.19. The third-order valence-corrected chi connectivity index (χ3v) is 4.74. The third kappa shape index (κ3) is 2.86. The van der Waals surface area contributed by atoms with E-state index in [9.17, 15) is 8.78 Å². The molecule has 0 bridgehead atoms. The lowest BCUT2D eigenvalue weighted by molar-refractivity contribution is 0.0967. The summed E-state index contributed by atoms with van der Waals surface area (Å²) in [5.41, 5.74) is 6.98. The zero-order valence-electron chi connectivity index (χ0n) is 12.3. The molecule has 4 heteroatoms. The van der Waals surface area contributed by atoms with Crippen LogP contribution in [0.15, 0.2) is 18.2 Å². The summed E-state index contributed by atoms with van der Waals surface area (Å²) in [6.07, 6.45) is 6.71. The van der Waals surface area contributed by atoms with Crippen molar-refractivity contribution in [3.05, 3.63) is 35.4 Å². The Morgan fingerprint density at radius 3 is 2.15 bits per heavy atom. The average molecular weight is 282 g/mol. The fourth-order valence-electron chi connectivity index (χ4n) is 3.39. The van der Waals surface area contributed by atoms with Crippen LogP contribution in [0.5, 0.6) is 0 Å². The van der Waals surface area contributed by atoms with Gasteiger partial charge in [-0.25, -0.2) is 8.78 Å². The normalized spacial score (nSPS) is 20.7. The van der Waals surface area contributed by atoms with Crippen molar-refractivity contribution in [3.63, 3.8) is 0 Å². The highest BCUT2D eigenvalue weighted by molar-refractivity contribution is 5.25. The van der Waals surface area contributed by atoms with Gasteiger partial charge in [0.2, 0.25) is 0 Å². The molecule has 1 fully saturated rings. The van der Waals surface area contributed by atoms with Gasteiger partial charge in [-0.1, -0.05) is 31.7 Å². The monoisotopic (exact) mass is 282 g/mol. The summed E-state index contributed by atoms with van der Waals surface area (Å²) in [7, 11) is 4.07. The van der Waals surface area contributed by atoms with Crippen molar-refractivity contribution in [2.45, 2.75) is 50.1 Å². The number of likely N-dealkylation sites (N-methyl/N-ethyl adjacent to an activating group) is 1. The number of nitrogens with zero attached hydrogens (tertiary/aromatic N) is 1. The maximum Gasteiger partial charge on any atom is 0.159 e. The van der Waals surface area contributed by atoms with Gasteiger partial charge in [-0.05, 0) is 44.6 Å². The van der Waals surface area contributed by atoms with Gasteiger partial charge in [0, 0.05) is 11.6 Å². The van der Waals surface area contributed by atoms with E-state index in [0.717, 1.165) is 25.7 Å². The highest BCUT2D eigenvalue weighted by Gasteiger charge is 2.39. The van der Waals surface area contributed by atoms with E-state index in [2.05, 4.69) is 4.90 Å². The summed E-state index contributed by atoms with van der Waals surface area (Å²) in [5.74, 6) is -1.64. The SMILES string of the molecule is CN(C)C1(C(N)c2ccc(F)c(F)c2)CCCCCC1. The van der Waals surface area contributed by atoms with Crippen molar-refractivity contribution >= 4 is 0 Å². The highest BCUT2D eigenvalue weighted by Crippen LogP contribution is 2.39. The van der Waals surface area contributed by atoms with Crippen molar-refractivity contribution in [3.8, 4) is 0 Å². The van der Waals surface area contributed by atoms with E-state index in [1.54, 1.807) is 6.07 Å². The highest BCUT2D eigenvalue weighted by atomic mass is 19.2. The minimum Gasteiger partial charge on any atom is -0.322 e. The van der Waals surface area contributed by atoms with Crippen LogP contribution >= 0.6 is 0 Å². The van der Waals surface area contributed by atoms with Gasteiger partial charge in [-0.3, -0.25) is 0 Å². The lowest BCUT2D eigenvalue weighted by atomic mass is 9.78. The molecule has 0 saturated heterocycles. The van der Waals surface area contributed by atoms with Crippen molar-refractivity contribution in [1.29, 1.82) is 0 Å². The zero-order chi connectivity index (χ0) is 14.8. The van der Waals surface area contributed by atoms with Crippen LogP contribution in [0.2, 0.25) is 0 Å². The van der Waals surface area contributed by atoms with Crippen LogP contribution in [0.1, 0.15) is 50.1 Å². The van der Waals surface area contributed by atoms with Crippen molar-refractivity contribution in [2.75, 3.05) is 14.1 Å². The number of nitrogens with two attached hydrogens (primary N) is 1. The Labute approximate surface area is 120 Å². The lowest BCUT2D eigenvalue weighted by Gasteiger charge is -2.44. The van der Waals surface area contributed by atoms with Crippen LogP contribution < -0.4 is 5.73 Å². The minimum atomic E-state index is -0.819. The van der Waals surface area contributed by atoms with Crippen LogP contribution in [-0.4, -0.2) is 24.5 Å². The first-order valence-electron chi connectivity index (χ1n) is 7.35. The van der Waals surface area contributed by atoms with Crippen molar-refractivity contribution < 1.29 is 8.78 Å². The number of hydrogen-bond donors (Lipinski definition) is 1. The first kappa shape index (κ1) is 15.4. The molecule has 1 aromatic rings. The van der Waals surface area contributed by atoms with Gasteiger partial charge in [-0.2, -0.15) is 0 Å². The Morgan fingerprint density at radius 2 is 1.65 bits per heavy atom. The molecule has 0 aliphatic heterocycles. The molecule has 1 aliphatic rings. The van der Waals surface area contributed by atoms with E-state index >= 15 is 0 Å². The van der Waals surface area contributed by atoms with E-state index in [-0.39, 0.29) is 11.6 Å². The van der Waals surface area contributed by atoms with E-state index < -0.39 is 11.6 Å². The summed E-state index contributed by atoms with van der Waals surface area (Å²) in [6, 6.07) is 3.73. The number of benzene rings is 1. The molecule has 1 saturated carbocycles. The van der Waals surface area contributed by atoms with E-state index in [4.69, 9.17) is 5.73 Å². The molecule has 0 spiro atoms. The van der Waals surface area contributed by atoms with Gasteiger partial charge in [0.05, 0.1) is 0 Å². The summed E-state index contributed by atoms with van der Waals surface area (Å²) < 4.78 is 26.6. The van der Waals surface area contributed by atoms with Gasteiger partial charge in [0.1, 0.15) is 0 Å². The molecule has 1 aliphatic carbocycles. The number of hydrogen-bond acceptors (Lipinski definition) is 2. The van der Waals surface area contributed by atoms with E-state index in [1.165, 1.54) is 25.0 Å². The largest absolute Gasteiger partial charge is 0.322 e. The zero-order valence-corrected chi connectivity index (χ0v) is 12.3. The van der Waals surface area contributed by atoms with Crippen LogP contribution in [0, 0.1) is 11.6 Å².